The van der Waals surface area contributed by atoms with Crippen molar-refractivity contribution in [2.45, 2.75) is 38.2 Å². The van der Waals surface area contributed by atoms with Gasteiger partial charge in [-0.2, -0.15) is 11.8 Å². The number of methoxy groups -OCH3 is 1. The van der Waals surface area contributed by atoms with Crippen LogP contribution in [0.25, 0.3) is 0 Å². The first kappa shape index (κ1) is 13.8. The standard InChI is InChI=1S/C15H22O2S/c1-15(2,16)13-10-12(4-5-14(13)17-3)11-6-8-18-9-7-11/h4-5,10-11,16H,6-9H2,1-3H3. The molecule has 0 amide bonds. The molecular weight excluding hydrogens is 244 g/mol. The molecule has 100 valence electrons. The number of ether oxygens (including phenoxy) is 1. The number of aliphatic hydroxyl groups is 1. The van der Waals surface area contributed by atoms with E-state index in [1.165, 1.54) is 29.9 Å². The lowest BCUT2D eigenvalue weighted by molar-refractivity contribution is 0.0755. The van der Waals surface area contributed by atoms with Gasteiger partial charge in [-0.05, 0) is 61.8 Å². The smallest absolute Gasteiger partial charge is 0.124 e. The van der Waals surface area contributed by atoms with Gasteiger partial charge in [0.05, 0.1) is 12.7 Å². The van der Waals surface area contributed by atoms with E-state index in [4.69, 9.17) is 4.74 Å². The summed E-state index contributed by atoms with van der Waals surface area (Å²) in [4.78, 5) is 0. The van der Waals surface area contributed by atoms with Gasteiger partial charge in [0.2, 0.25) is 0 Å². The third kappa shape index (κ3) is 3.01. The zero-order chi connectivity index (χ0) is 13.2. The van der Waals surface area contributed by atoms with Crippen LogP contribution in [-0.4, -0.2) is 23.7 Å². The van der Waals surface area contributed by atoms with Crippen LogP contribution in [0.4, 0.5) is 0 Å². The van der Waals surface area contributed by atoms with E-state index < -0.39 is 5.60 Å². The molecule has 2 rings (SSSR count). The third-order valence-electron chi connectivity index (χ3n) is 3.58. The van der Waals surface area contributed by atoms with Crippen molar-refractivity contribution < 1.29 is 9.84 Å². The van der Waals surface area contributed by atoms with Crippen molar-refractivity contribution in [3.63, 3.8) is 0 Å². The minimum absolute atomic E-state index is 0.637. The Bertz CT molecular complexity index is 403. The average molecular weight is 266 g/mol. The molecule has 1 aliphatic heterocycles. The molecule has 1 aromatic rings. The van der Waals surface area contributed by atoms with Crippen molar-refractivity contribution in [2.24, 2.45) is 0 Å². The molecule has 0 radical (unpaired) electrons. The van der Waals surface area contributed by atoms with Gasteiger partial charge in [-0.15, -0.1) is 0 Å². The molecule has 0 bridgehead atoms. The van der Waals surface area contributed by atoms with E-state index in [-0.39, 0.29) is 0 Å². The molecule has 2 nitrogen and oxygen atoms in total. The lowest BCUT2D eigenvalue weighted by atomic mass is 9.88. The van der Waals surface area contributed by atoms with Crippen LogP contribution in [0.15, 0.2) is 18.2 Å². The van der Waals surface area contributed by atoms with Gasteiger partial charge in [0.1, 0.15) is 5.75 Å². The van der Waals surface area contributed by atoms with Gasteiger partial charge in [-0.25, -0.2) is 0 Å². The quantitative estimate of drug-likeness (QED) is 0.907. The Balaban J connectivity index is 2.33. The first-order valence-corrected chi connectivity index (χ1v) is 7.66. The van der Waals surface area contributed by atoms with Gasteiger partial charge in [-0.3, -0.25) is 0 Å². The average Bonchev–Trinajstić information content (AvgIpc) is 2.38. The van der Waals surface area contributed by atoms with Gasteiger partial charge in [0, 0.05) is 5.56 Å². The maximum Gasteiger partial charge on any atom is 0.124 e. The fourth-order valence-corrected chi connectivity index (χ4v) is 3.60. The molecule has 1 N–H and O–H groups in total. The molecule has 1 heterocycles. The predicted molar refractivity (Wildman–Crippen MR) is 77.5 cm³/mol. The van der Waals surface area contributed by atoms with Crippen LogP contribution >= 0.6 is 11.8 Å². The highest BCUT2D eigenvalue weighted by molar-refractivity contribution is 7.99. The zero-order valence-electron chi connectivity index (χ0n) is 11.4. The second-order valence-electron chi connectivity index (χ2n) is 5.41. The molecule has 0 atom stereocenters. The normalized spacial score (nSPS) is 17.8. The van der Waals surface area contributed by atoms with Crippen LogP contribution in [0.3, 0.4) is 0 Å². The van der Waals surface area contributed by atoms with Crippen LogP contribution in [0.1, 0.15) is 43.7 Å². The van der Waals surface area contributed by atoms with Crippen molar-refractivity contribution in [3.05, 3.63) is 29.3 Å². The van der Waals surface area contributed by atoms with Crippen molar-refractivity contribution in [2.75, 3.05) is 18.6 Å². The second kappa shape index (κ2) is 5.54. The molecule has 1 fully saturated rings. The summed E-state index contributed by atoms with van der Waals surface area (Å²) < 4.78 is 5.35. The summed E-state index contributed by atoms with van der Waals surface area (Å²) >= 11 is 2.04. The van der Waals surface area contributed by atoms with Crippen LogP contribution < -0.4 is 4.74 Å². The lowest BCUT2D eigenvalue weighted by Crippen LogP contribution is -2.18. The van der Waals surface area contributed by atoms with E-state index in [1.54, 1.807) is 7.11 Å². The Kier molecular flexibility index (Phi) is 4.23. The molecule has 1 aliphatic rings. The second-order valence-corrected chi connectivity index (χ2v) is 6.63. The largest absolute Gasteiger partial charge is 0.496 e. The summed E-state index contributed by atoms with van der Waals surface area (Å²) in [6, 6.07) is 6.26. The number of rotatable bonds is 3. The highest BCUT2D eigenvalue weighted by Gasteiger charge is 2.23. The van der Waals surface area contributed by atoms with E-state index in [1.807, 2.05) is 31.7 Å². The Morgan fingerprint density at radius 1 is 1.28 bits per heavy atom. The Labute approximate surface area is 114 Å². The van der Waals surface area contributed by atoms with E-state index in [0.717, 1.165) is 11.3 Å². The maximum atomic E-state index is 10.2. The molecule has 18 heavy (non-hydrogen) atoms. The van der Waals surface area contributed by atoms with Crippen molar-refractivity contribution in [3.8, 4) is 5.75 Å². The highest BCUT2D eigenvalue weighted by atomic mass is 32.2. The molecular formula is C15H22O2S. The predicted octanol–water partition coefficient (Wildman–Crippen LogP) is 3.53. The fraction of sp³-hybridized carbons (Fsp3) is 0.600. The van der Waals surface area contributed by atoms with E-state index >= 15 is 0 Å². The van der Waals surface area contributed by atoms with Crippen molar-refractivity contribution in [1.29, 1.82) is 0 Å². The summed E-state index contributed by atoms with van der Waals surface area (Å²) in [5.41, 5.74) is 1.37. The van der Waals surface area contributed by atoms with Gasteiger partial charge in [0.25, 0.3) is 0 Å². The lowest BCUT2D eigenvalue weighted by Gasteiger charge is -2.26. The first-order chi connectivity index (χ1) is 8.52. The van der Waals surface area contributed by atoms with Gasteiger partial charge in [-0.1, -0.05) is 6.07 Å². The summed E-state index contributed by atoms with van der Waals surface area (Å²) in [7, 11) is 1.65. The first-order valence-electron chi connectivity index (χ1n) is 6.51. The molecule has 1 saturated heterocycles. The zero-order valence-corrected chi connectivity index (χ0v) is 12.2. The molecule has 0 spiro atoms. The Hall–Kier alpha value is -0.670. The molecule has 0 aliphatic carbocycles. The molecule has 1 aromatic carbocycles. The van der Waals surface area contributed by atoms with E-state index in [2.05, 4.69) is 12.1 Å². The Morgan fingerprint density at radius 3 is 2.50 bits per heavy atom. The maximum absolute atomic E-state index is 10.2. The van der Waals surface area contributed by atoms with Crippen LogP contribution in [-0.2, 0) is 5.60 Å². The van der Waals surface area contributed by atoms with Gasteiger partial charge in [0.15, 0.2) is 0 Å². The summed E-state index contributed by atoms with van der Waals surface area (Å²) in [6.07, 6.45) is 2.48. The number of thioether (sulfide) groups is 1. The molecule has 0 aromatic heterocycles. The molecule has 0 saturated carbocycles. The summed E-state index contributed by atoms with van der Waals surface area (Å²) in [5, 5.41) is 10.2. The van der Waals surface area contributed by atoms with Gasteiger partial charge < -0.3 is 9.84 Å². The monoisotopic (exact) mass is 266 g/mol. The molecule has 0 unspecified atom stereocenters. The topological polar surface area (TPSA) is 29.5 Å². The van der Waals surface area contributed by atoms with Crippen LogP contribution in [0.2, 0.25) is 0 Å². The highest BCUT2D eigenvalue weighted by Crippen LogP contribution is 2.36. The number of benzene rings is 1. The number of hydrogen-bond donors (Lipinski definition) is 1. The summed E-state index contributed by atoms with van der Waals surface area (Å²) in [6.45, 7) is 3.62. The minimum atomic E-state index is -0.856. The molecule has 3 heteroatoms. The Morgan fingerprint density at radius 2 is 1.94 bits per heavy atom. The van der Waals surface area contributed by atoms with Gasteiger partial charge >= 0.3 is 0 Å². The third-order valence-corrected chi connectivity index (χ3v) is 4.62. The minimum Gasteiger partial charge on any atom is -0.496 e. The van der Waals surface area contributed by atoms with Crippen LogP contribution in [0.5, 0.6) is 5.75 Å². The summed E-state index contributed by atoms with van der Waals surface area (Å²) in [5.74, 6) is 3.90. The SMILES string of the molecule is COc1ccc(C2CCSCC2)cc1C(C)(C)O. The van der Waals surface area contributed by atoms with Crippen molar-refractivity contribution >= 4 is 11.8 Å². The van der Waals surface area contributed by atoms with Crippen molar-refractivity contribution in [1.82, 2.24) is 0 Å². The fourth-order valence-electron chi connectivity index (χ4n) is 2.49. The number of hydrogen-bond acceptors (Lipinski definition) is 3. The van der Waals surface area contributed by atoms with E-state index in [0.29, 0.717) is 5.92 Å². The van der Waals surface area contributed by atoms with E-state index in [9.17, 15) is 5.11 Å². The van der Waals surface area contributed by atoms with Crippen LogP contribution in [0, 0.1) is 0 Å².